The van der Waals surface area contributed by atoms with Crippen molar-refractivity contribution in [2.45, 2.75) is 12.8 Å². The second-order valence-electron chi connectivity index (χ2n) is 20.3. The average Bonchev–Trinajstić information content (AvgIpc) is 4.24. The summed E-state index contributed by atoms with van der Waals surface area (Å²) in [6.45, 7) is 0. The van der Waals surface area contributed by atoms with Crippen LogP contribution in [0.15, 0.2) is 230 Å². The zero-order chi connectivity index (χ0) is 49.2. The van der Waals surface area contributed by atoms with Crippen LogP contribution >= 0.6 is 31.9 Å². The van der Waals surface area contributed by atoms with Crippen molar-refractivity contribution in [2.24, 2.45) is 0 Å². The van der Waals surface area contributed by atoms with Gasteiger partial charge in [-0.25, -0.2) is 0 Å². The van der Waals surface area contributed by atoms with Crippen LogP contribution in [0.25, 0.3) is 149 Å². The molecule has 0 saturated carbocycles. The number of hydrogen-bond acceptors (Lipinski definition) is 2. The summed E-state index contributed by atoms with van der Waals surface area (Å²) in [5.41, 5.74) is 21.6. The van der Waals surface area contributed by atoms with Gasteiger partial charge in [-0.3, -0.25) is 0 Å². The van der Waals surface area contributed by atoms with Crippen molar-refractivity contribution in [1.82, 2.24) is 13.7 Å². The Bertz CT molecular complexity index is 4880. The highest BCUT2D eigenvalue weighted by atomic mass is 79.9. The molecular weight excluding hydrogens is 1050 g/mol. The van der Waals surface area contributed by atoms with Crippen molar-refractivity contribution in [2.75, 3.05) is 0 Å². The lowest BCUT2D eigenvalue weighted by Gasteiger charge is -2.20. The van der Waals surface area contributed by atoms with E-state index in [1.54, 1.807) is 0 Å². The third-order valence-corrected chi connectivity index (χ3v) is 17.2. The molecule has 0 radical (unpaired) electrons. The van der Waals surface area contributed by atoms with Gasteiger partial charge in [0.2, 0.25) is 0 Å². The summed E-state index contributed by atoms with van der Waals surface area (Å²) in [5.74, 6) is 0. The van der Waals surface area contributed by atoms with Gasteiger partial charge in [-0.05, 0) is 192 Å². The minimum absolute atomic E-state index is 0.892. The second-order valence-corrected chi connectivity index (χ2v) is 22.1. The fourth-order valence-corrected chi connectivity index (χ4v) is 13.3. The lowest BCUT2D eigenvalue weighted by Crippen LogP contribution is -2.09. The summed E-state index contributed by atoms with van der Waals surface area (Å²) in [6.07, 6.45) is 2.28. The molecule has 0 fully saturated rings. The van der Waals surface area contributed by atoms with E-state index in [0.717, 1.165) is 99.1 Å². The Hall–Kier alpha value is -8.62. The summed E-state index contributed by atoms with van der Waals surface area (Å²) >= 11 is 7.65. The third kappa shape index (κ3) is 6.11. The molecule has 1 aliphatic rings. The molecule has 352 valence electrons. The van der Waals surface area contributed by atoms with Crippen LogP contribution in [0.1, 0.15) is 11.1 Å². The van der Waals surface area contributed by atoms with E-state index >= 15 is 0 Å². The number of nitrogens with zero attached hydrogens (tertiary/aromatic N) is 3. The maximum atomic E-state index is 6.25. The molecule has 16 aromatic rings. The van der Waals surface area contributed by atoms with Crippen LogP contribution in [0.5, 0.6) is 0 Å². The van der Waals surface area contributed by atoms with E-state index in [-0.39, 0.29) is 0 Å². The van der Waals surface area contributed by atoms with Gasteiger partial charge < -0.3 is 22.5 Å². The number of rotatable bonds is 5. The smallest absolute Gasteiger partial charge is 0.135 e. The van der Waals surface area contributed by atoms with E-state index in [2.05, 4.69) is 234 Å². The number of hydrogen-bond donors (Lipinski definition) is 0. The Morgan fingerprint density at radius 1 is 0.267 bits per heavy atom. The quantitative estimate of drug-likeness (QED) is 0.172. The highest BCUT2D eigenvalue weighted by Crippen LogP contribution is 2.44. The molecule has 5 nitrogen and oxygen atoms in total. The SMILES string of the molecule is Brc1ccc2c(c1)c1cc(-c3ccc4c(c3)c3cc(-c5ccc6c(c5)c5cc(Br)ccc5n6-c5ccc6oc7ccccc7c6c5)ccc3n4-c3ccc4c(c3)CC4)ccc1n2-c1ccc2oc3ccccc3c2c1. The van der Waals surface area contributed by atoms with E-state index in [1.807, 2.05) is 24.3 Å². The van der Waals surface area contributed by atoms with E-state index in [4.69, 9.17) is 8.83 Å². The molecule has 75 heavy (non-hydrogen) atoms. The van der Waals surface area contributed by atoms with Crippen molar-refractivity contribution in [3.05, 3.63) is 232 Å². The number of aryl methyl sites for hydroxylation is 2. The molecule has 5 aromatic heterocycles. The van der Waals surface area contributed by atoms with E-state index in [0.29, 0.717) is 0 Å². The molecule has 0 amide bonds. The Morgan fingerprint density at radius 3 is 1.01 bits per heavy atom. The number of halogens is 2. The molecular formula is C68H39Br2N3O2. The molecule has 0 unspecified atom stereocenters. The minimum Gasteiger partial charge on any atom is -0.456 e. The molecule has 0 aliphatic heterocycles. The Balaban J connectivity index is 0.835. The van der Waals surface area contributed by atoms with Gasteiger partial charge in [0.25, 0.3) is 0 Å². The lowest BCUT2D eigenvalue weighted by molar-refractivity contribution is 0.668. The lowest BCUT2D eigenvalue weighted by atomic mass is 9.88. The first-order valence-electron chi connectivity index (χ1n) is 25.5. The van der Waals surface area contributed by atoms with Crippen LogP contribution in [-0.4, -0.2) is 13.7 Å². The van der Waals surface area contributed by atoms with E-state index in [9.17, 15) is 0 Å². The van der Waals surface area contributed by atoms with Crippen LogP contribution in [0.3, 0.4) is 0 Å². The molecule has 11 aromatic carbocycles. The maximum absolute atomic E-state index is 6.25. The first kappa shape index (κ1) is 41.8. The number of fused-ring (bicyclic) bond motifs is 16. The van der Waals surface area contributed by atoms with Gasteiger partial charge in [0, 0.05) is 79.9 Å². The zero-order valence-corrected chi connectivity index (χ0v) is 43.2. The minimum atomic E-state index is 0.892. The summed E-state index contributed by atoms with van der Waals surface area (Å²) in [6, 6.07) is 78.1. The highest BCUT2D eigenvalue weighted by Gasteiger charge is 2.22. The van der Waals surface area contributed by atoms with Gasteiger partial charge in [-0.15, -0.1) is 0 Å². The normalized spacial score (nSPS) is 12.8. The molecule has 5 heterocycles. The summed E-state index contributed by atoms with van der Waals surface area (Å²) in [4.78, 5) is 0. The van der Waals surface area contributed by atoms with Gasteiger partial charge in [-0.1, -0.05) is 98.6 Å². The van der Waals surface area contributed by atoms with Crippen LogP contribution in [0, 0.1) is 0 Å². The van der Waals surface area contributed by atoms with Crippen molar-refractivity contribution in [3.8, 4) is 39.3 Å². The van der Waals surface area contributed by atoms with Gasteiger partial charge in [0.05, 0.1) is 33.1 Å². The monoisotopic (exact) mass is 1090 g/mol. The van der Waals surface area contributed by atoms with Crippen LogP contribution in [0.4, 0.5) is 0 Å². The Labute approximate surface area is 445 Å². The molecule has 7 heteroatoms. The van der Waals surface area contributed by atoms with Crippen molar-refractivity contribution < 1.29 is 8.83 Å². The molecule has 0 saturated heterocycles. The highest BCUT2D eigenvalue weighted by molar-refractivity contribution is 9.10. The molecule has 0 N–H and O–H groups in total. The van der Waals surface area contributed by atoms with Crippen LogP contribution in [-0.2, 0) is 12.8 Å². The topological polar surface area (TPSA) is 41.1 Å². The number of para-hydroxylation sites is 2. The zero-order valence-electron chi connectivity index (χ0n) is 40.0. The molecule has 0 atom stereocenters. The summed E-state index contributed by atoms with van der Waals surface area (Å²) in [7, 11) is 0. The number of furan rings is 2. The fraction of sp³-hybridized carbons (Fsp3) is 0.0294. The van der Waals surface area contributed by atoms with Crippen molar-refractivity contribution in [3.63, 3.8) is 0 Å². The molecule has 0 spiro atoms. The standard InChI is InChI=1S/C68H39Br2N3O2/c69-44-16-25-63-55(34-44)53-32-42(14-23-61(53)72(63)47-19-27-67-57(36-47)49-5-1-3-7-65(49)74-67)40-12-21-59-51(30-40)52-31-41(13-22-60(52)71(59)46-18-11-38-9-10-39(38)29-46)43-15-24-62-54(33-43)56-35-45(70)17-26-64(56)73(62)48-20-28-68-58(37-48)50-6-2-4-8-66(50)75-68/h1-8,11-37H,9-10H2. The molecule has 1 aliphatic carbocycles. The predicted octanol–water partition coefficient (Wildman–Crippen LogP) is 19.7. The molecule has 17 rings (SSSR count). The average molecular weight is 1090 g/mol. The van der Waals surface area contributed by atoms with Crippen LogP contribution in [0.2, 0.25) is 0 Å². The maximum Gasteiger partial charge on any atom is 0.135 e. The summed E-state index contributed by atoms with van der Waals surface area (Å²) < 4.78 is 21.9. The van der Waals surface area contributed by atoms with Crippen molar-refractivity contribution >= 4 is 141 Å². The number of benzene rings is 11. The Kier molecular flexibility index (Phi) is 8.62. The largest absolute Gasteiger partial charge is 0.456 e. The first-order valence-corrected chi connectivity index (χ1v) is 27.0. The van der Waals surface area contributed by atoms with E-state index < -0.39 is 0 Å². The third-order valence-electron chi connectivity index (χ3n) is 16.2. The van der Waals surface area contributed by atoms with Crippen molar-refractivity contribution in [1.29, 1.82) is 0 Å². The van der Waals surface area contributed by atoms with Gasteiger partial charge in [0.1, 0.15) is 22.3 Å². The molecule has 0 bridgehead atoms. The van der Waals surface area contributed by atoms with Gasteiger partial charge in [-0.2, -0.15) is 0 Å². The second kappa shape index (κ2) is 15.5. The fourth-order valence-electron chi connectivity index (χ4n) is 12.6. The van der Waals surface area contributed by atoms with Gasteiger partial charge >= 0.3 is 0 Å². The van der Waals surface area contributed by atoms with Crippen LogP contribution < -0.4 is 0 Å². The summed E-state index contributed by atoms with van der Waals surface area (Å²) in [5, 5.41) is 11.7. The van der Waals surface area contributed by atoms with Gasteiger partial charge in [0.15, 0.2) is 0 Å². The Morgan fingerprint density at radius 2 is 0.613 bits per heavy atom. The predicted molar refractivity (Wildman–Crippen MR) is 318 cm³/mol. The number of aromatic nitrogens is 3. The first-order chi connectivity index (χ1) is 36.9. The van der Waals surface area contributed by atoms with E-state index in [1.165, 1.54) is 82.4 Å².